The Morgan fingerprint density at radius 1 is 1.45 bits per heavy atom. The van der Waals surface area contributed by atoms with E-state index in [0.29, 0.717) is 36.7 Å². The maximum absolute atomic E-state index is 12.6. The molecule has 1 aliphatic rings. The largest absolute Gasteiger partial charge is 0.496 e. The van der Waals surface area contributed by atoms with Crippen molar-refractivity contribution >= 4 is 5.91 Å². The van der Waals surface area contributed by atoms with E-state index < -0.39 is 0 Å². The van der Waals surface area contributed by atoms with Crippen LogP contribution in [0.2, 0.25) is 0 Å². The third kappa shape index (κ3) is 3.68. The highest BCUT2D eigenvalue weighted by molar-refractivity contribution is 5.98. The van der Waals surface area contributed by atoms with Gasteiger partial charge < -0.3 is 19.9 Å². The molecule has 6 heteroatoms. The zero-order valence-corrected chi connectivity index (χ0v) is 13.6. The number of amides is 1. The van der Waals surface area contributed by atoms with Crippen LogP contribution < -0.4 is 20.9 Å². The summed E-state index contributed by atoms with van der Waals surface area (Å²) in [6.07, 6.45) is 1.56. The molecule has 2 rings (SSSR count). The number of carbonyl (C=O) groups is 1. The van der Waals surface area contributed by atoms with Gasteiger partial charge in [0.15, 0.2) is 0 Å². The van der Waals surface area contributed by atoms with Crippen LogP contribution >= 0.6 is 0 Å². The Morgan fingerprint density at radius 3 is 2.91 bits per heavy atom. The molecular weight excluding hydrogens is 282 g/mol. The van der Waals surface area contributed by atoms with Gasteiger partial charge in [0, 0.05) is 44.4 Å². The minimum absolute atomic E-state index is 0.116. The van der Waals surface area contributed by atoms with Crippen LogP contribution in [0.3, 0.4) is 0 Å². The van der Waals surface area contributed by atoms with Crippen LogP contribution in [0, 0.1) is 5.92 Å². The summed E-state index contributed by atoms with van der Waals surface area (Å²) in [7, 11) is 1.49. The molecule has 22 heavy (non-hydrogen) atoms. The minimum atomic E-state index is -0.164. The molecule has 0 bridgehead atoms. The number of carbonyl (C=O) groups excluding carboxylic acids is 1. The van der Waals surface area contributed by atoms with E-state index in [1.54, 1.807) is 4.57 Å². The summed E-state index contributed by atoms with van der Waals surface area (Å²) in [6, 6.07) is 1.41. The molecule has 6 nitrogen and oxygen atoms in total. The van der Waals surface area contributed by atoms with Gasteiger partial charge in [-0.15, -0.1) is 0 Å². The quantitative estimate of drug-likeness (QED) is 0.843. The Hall–Kier alpha value is -1.82. The second kappa shape index (κ2) is 7.45. The zero-order chi connectivity index (χ0) is 16.1. The lowest BCUT2D eigenvalue weighted by Crippen LogP contribution is -2.32. The van der Waals surface area contributed by atoms with Crippen molar-refractivity contribution in [2.45, 2.75) is 33.2 Å². The predicted molar refractivity (Wildman–Crippen MR) is 85.6 cm³/mol. The highest BCUT2D eigenvalue weighted by Gasteiger charge is 2.23. The minimum Gasteiger partial charge on any atom is -0.496 e. The van der Waals surface area contributed by atoms with E-state index in [1.807, 2.05) is 0 Å². The van der Waals surface area contributed by atoms with E-state index in [1.165, 1.54) is 13.2 Å². The van der Waals surface area contributed by atoms with Crippen molar-refractivity contribution in [1.29, 1.82) is 0 Å². The molecule has 122 valence electrons. The molecule has 0 atom stereocenters. The van der Waals surface area contributed by atoms with E-state index in [-0.39, 0.29) is 11.5 Å². The normalized spacial score (nSPS) is 14.4. The van der Waals surface area contributed by atoms with Crippen LogP contribution in [0.15, 0.2) is 10.9 Å². The fraction of sp³-hybridized carbons (Fsp3) is 0.625. The highest BCUT2D eigenvalue weighted by Crippen LogP contribution is 2.21. The number of rotatable bonds is 5. The zero-order valence-electron chi connectivity index (χ0n) is 13.6. The highest BCUT2D eigenvalue weighted by atomic mass is 16.5. The Labute approximate surface area is 130 Å². The molecule has 1 aromatic heterocycles. The van der Waals surface area contributed by atoms with Gasteiger partial charge in [-0.3, -0.25) is 9.59 Å². The van der Waals surface area contributed by atoms with Gasteiger partial charge in [0.2, 0.25) is 0 Å². The molecular formula is C16H25N3O3. The Balaban J connectivity index is 2.35. The molecule has 0 spiro atoms. The van der Waals surface area contributed by atoms with Crippen LogP contribution in [0.4, 0.5) is 0 Å². The van der Waals surface area contributed by atoms with Crippen molar-refractivity contribution in [3.05, 3.63) is 27.7 Å². The first-order chi connectivity index (χ1) is 10.5. The van der Waals surface area contributed by atoms with E-state index in [2.05, 4.69) is 24.5 Å². The summed E-state index contributed by atoms with van der Waals surface area (Å²) in [5.74, 6) is 0.727. The number of methoxy groups -OCH3 is 1. The van der Waals surface area contributed by atoms with Crippen molar-refractivity contribution in [3.63, 3.8) is 0 Å². The maximum Gasteiger partial charge on any atom is 0.256 e. The number of hydrogen-bond acceptors (Lipinski definition) is 4. The summed E-state index contributed by atoms with van der Waals surface area (Å²) in [5, 5.41) is 6.19. The average molecular weight is 307 g/mol. The number of aromatic nitrogens is 1. The van der Waals surface area contributed by atoms with Crippen molar-refractivity contribution in [2.24, 2.45) is 5.92 Å². The second-order valence-electron chi connectivity index (χ2n) is 5.96. The van der Waals surface area contributed by atoms with Gasteiger partial charge in [-0.25, -0.2) is 0 Å². The van der Waals surface area contributed by atoms with Gasteiger partial charge in [0.05, 0.1) is 7.11 Å². The number of nitrogens with one attached hydrogen (secondary N) is 2. The molecule has 2 heterocycles. The van der Waals surface area contributed by atoms with Crippen LogP contribution in [0.25, 0.3) is 0 Å². The Bertz CT molecular complexity index is 593. The van der Waals surface area contributed by atoms with Gasteiger partial charge in [0.1, 0.15) is 11.3 Å². The van der Waals surface area contributed by atoms with Crippen molar-refractivity contribution in [1.82, 2.24) is 15.2 Å². The summed E-state index contributed by atoms with van der Waals surface area (Å²) in [5.41, 5.74) is 1.14. The van der Waals surface area contributed by atoms with Crippen LogP contribution in [0.5, 0.6) is 5.75 Å². The summed E-state index contributed by atoms with van der Waals surface area (Å²) in [4.78, 5) is 24.8. The predicted octanol–water partition coefficient (Wildman–Crippen LogP) is 0.779. The van der Waals surface area contributed by atoms with Gasteiger partial charge >= 0.3 is 0 Å². The first-order valence-electron chi connectivity index (χ1n) is 7.84. The third-order valence-corrected chi connectivity index (χ3v) is 3.89. The van der Waals surface area contributed by atoms with Crippen molar-refractivity contribution in [3.8, 4) is 5.75 Å². The van der Waals surface area contributed by atoms with E-state index in [9.17, 15) is 9.59 Å². The fourth-order valence-corrected chi connectivity index (χ4v) is 2.67. The number of ether oxygens (including phenoxy) is 1. The standard InChI is InChI=1S/C16H25N3O3/c1-11(2)4-7-18-16(21)15-12-5-6-17-8-9-19(12)14(20)10-13(15)22-3/h10-11,17H,4-9H2,1-3H3,(H,18,21). The van der Waals surface area contributed by atoms with Crippen LogP contribution in [-0.2, 0) is 13.0 Å². The summed E-state index contributed by atoms with van der Waals surface area (Å²) < 4.78 is 6.97. The van der Waals surface area contributed by atoms with Crippen molar-refractivity contribution < 1.29 is 9.53 Å². The first kappa shape index (κ1) is 16.5. The van der Waals surface area contributed by atoms with E-state index >= 15 is 0 Å². The SMILES string of the molecule is COc1cc(=O)n2c(c1C(=O)NCCC(C)C)CCNCC2. The number of fused-ring (bicyclic) bond motifs is 1. The molecule has 0 fully saturated rings. The lowest BCUT2D eigenvalue weighted by molar-refractivity contribution is 0.0947. The Kier molecular flexibility index (Phi) is 5.60. The number of nitrogens with zero attached hydrogens (tertiary/aromatic N) is 1. The molecule has 1 aliphatic heterocycles. The van der Waals surface area contributed by atoms with E-state index in [0.717, 1.165) is 25.2 Å². The average Bonchev–Trinajstić information content (AvgIpc) is 2.72. The lowest BCUT2D eigenvalue weighted by atomic mass is 10.1. The van der Waals surface area contributed by atoms with Crippen LogP contribution in [0.1, 0.15) is 36.3 Å². The lowest BCUT2D eigenvalue weighted by Gasteiger charge is -2.17. The molecule has 2 N–H and O–H groups in total. The second-order valence-corrected chi connectivity index (χ2v) is 5.96. The molecule has 0 aliphatic carbocycles. The van der Waals surface area contributed by atoms with Gasteiger partial charge in [-0.2, -0.15) is 0 Å². The van der Waals surface area contributed by atoms with Gasteiger partial charge in [0.25, 0.3) is 11.5 Å². The molecule has 0 saturated heterocycles. The molecule has 0 saturated carbocycles. The van der Waals surface area contributed by atoms with Crippen LogP contribution in [-0.4, -0.2) is 37.2 Å². The number of hydrogen-bond donors (Lipinski definition) is 2. The number of pyridine rings is 1. The molecule has 1 amide bonds. The molecule has 0 radical (unpaired) electrons. The third-order valence-electron chi connectivity index (χ3n) is 3.89. The van der Waals surface area contributed by atoms with Gasteiger partial charge in [-0.05, 0) is 12.3 Å². The summed E-state index contributed by atoms with van der Waals surface area (Å²) >= 11 is 0. The smallest absolute Gasteiger partial charge is 0.256 e. The van der Waals surface area contributed by atoms with Crippen molar-refractivity contribution in [2.75, 3.05) is 26.7 Å². The first-order valence-corrected chi connectivity index (χ1v) is 7.84. The molecule has 0 aromatic carbocycles. The maximum atomic E-state index is 12.6. The summed E-state index contributed by atoms with van der Waals surface area (Å²) in [6.45, 7) is 6.91. The topological polar surface area (TPSA) is 72.4 Å². The monoisotopic (exact) mass is 307 g/mol. The molecule has 0 unspecified atom stereocenters. The molecule has 1 aromatic rings. The van der Waals surface area contributed by atoms with E-state index in [4.69, 9.17) is 4.74 Å². The Morgan fingerprint density at radius 2 is 2.23 bits per heavy atom. The fourth-order valence-electron chi connectivity index (χ4n) is 2.67. The van der Waals surface area contributed by atoms with Gasteiger partial charge in [-0.1, -0.05) is 13.8 Å².